The molecule has 3 aliphatic rings. The molecule has 0 amide bonds. The Morgan fingerprint density at radius 3 is 1.99 bits per heavy atom. The number of hydrogen-bond acceptors (Lipinski definition) is 28. The highest BCUT2D eigenvalue weighted by Crippen LogP contribution is 2.68. The summed E-state index contributed by atoms with van der Waals surface area (Å²) in [7, 11) is -21.5. The third kappa shape index (κ3) is 11.5. The summed E-state index contributed by atoms with van der Waals surface area (Å²) in [5.41, 5.74) is 7.67. The number of alkyl halides is 3. The van der Waals surface area contributed by atoms with Gasteiger partial charge in [0.15, 0.2) is 41.4 Å². The van der Waals surface area contributed by atoms with Crippen molar-refractivity contribution in [2.45, 2.75) is 77.8 Å². The number of rotatable bonds is 19. The molecule has 0 bridgehead atoms. The van der Waals surface area contributed by atoms with Crippen molar-refractivity contribution >= 4 is 94.0 Å². The van der Waals surface area contributed by atoms with Gasteiger partial charge >= 0.3 is 42.2 Å². The largest absolute Gasteiger partial charge is 0.490 e. The standard InChI is InChI=1S/C33H42F3N15O22P4S/c1-48-9-51(25-15(48)27(56)47-32(39)45-25)29-18(54)21(78-33(34,35)36)12(71-29)5-68-76(61,62)73-77(63,64)72-75(59,60)67-4-11-20(19(65-2)30(70-11)49-7-42-13-22(37)40-6-41-23(13)49)74(57,58)66-3-10-16(52)17(53)28(69-10)50-8-43-14-24(50)44-31(38)46-26(14)55/h6-12,16-21,28-30,52-54H,3-5H2,1-2H3,(H11-,37,38,39,40,41,44,45,46,47,55,56,57,58,59,60,61,62,63,64)/p+1/t10-,11-,12-,16-,17-,18-,19-,20-,21-,28-,29?,30-/m1/s1. The maximum absolute atomic E-state index is 14.4. The number of aryl methyl sites for hydroxylation is 1. The molecule has 9 heterocycles. The van der Waals surface area contributed by atoms with Crippen LogP contribution < -0.4 is 32.9 Å². The average Bonchev–Trinajstić information content (AvgIpc) is 4.39. The summed E-state index contributed by atoms with van der Waals surface area (Å²) in [4.78, 5) is 96.4. The molecular weight excluding hydrogens is 1170 g/mol. The van der Waals surface area contributed by atoms with Gasteiger partial charge in [0.2, 0.25) is 17.7 Å². The molecule has 0 radical (unpaired) electrons. The monoisotopic (exact) mass is 1210 g/mol. The highest BCUT2D eigenvalue weighted by molar-refractivity contribution is 8.00. The van der Waals surface area contributed by atoms with Gasteiger partial charge in [0, 0.05) is 7.11 Å². The summed E-state index contributed by atoms with van der Waals surface area (Å²) in [6, 6.07) is 0. The van der Waals surface area contributed by atoms with E-state index >= 15 is 0 Å². The number of nitrogens with two attached hydrogens (primary N) is 3. The maximum Gasteiger partial charge on any atom is 0.490 e. The van der Waals surface area contributed by atoms with Crippen LogP contribution in [0, 0.1) is 0 Å². The molecule has 3 fully saturated rings. The first-order valence-corrected chi connectivity index (χ1v) is 28.8. The Hall–Kier alpha value is -4.93. The van der Waals surface area contributed by atoms with Gasteiger partial charge in [-0.25, -0.2) is 38.2 Å². The fourth-order valence-corrected chi connectivity index (χ4v) is 14.9. The fraction of sp³-hybridized carbons (Fsp3) is 0.545. The number of imidazole rings is 3. The molecule has 45 heteroatoms. The number of aliphatic hydroxyl groups is 3. The predicted molar refractivity (Wildman–Crippen MR) is 249 cm³/mol. The maximum atomic E-state index is 14.4. The zero-order valence-electron chi connectivity index (χ0n) is 39.1. The number of nitrogens with zero attached hydrogens (tertiary/aromatic N) is 10. The second-order valence-electron chi connectivity index (χ2n) is 17.0. The van der Waals surface area contributed by atoms with E-state index in [1.807, 2.05) is 0 Å². The number of halogens is 3. The van der Waals surface area contributed by atoms with Crippen molar-refractivity contribution in [1.82, 2.24) is 53.6 Å². The van der Waals surface area contributed by atoms with Crippen LogP contribution in [0.15, 0.2) is 34.9 Å². The highest BCUT2D eigenvalue weighted by Gasteiger charge is 2.58. The third-order valence-corrected chi connectivity index (χ3v) is 19.2. The number of nitrogen functional groups attached to an aromatic ring is 3. The third-order valence-electron chi connectivity index (χ3n) is 12.0. The second-order valence-corrected chi connectivity index (χ2v) is 24.9. The number of H-pyrrole nitrogens is 2. The van der Waals surface area contributed by atoms with Gasteiger partial charge in [0.25, 0.3) is 17.1 Å². The zero-order chi connectivity index (χ0) is 56.8. The van der Waals surface area contributed by atoms with Crippen LogP contribution in [0.4, 0.5) is 30.9 Å². The minimum Gasteiger partial charge on any atom is -0.387 e. The summed E-state index contributed by atoms with van der Waals surface area (Å²) in [6.07, 6.45) is -13.7. The lowest BCUT2D eigenvalue weighted by molar-refractivity contribution is -0.745. The molecule has 3 aliphatic heterocycles. The van der Waals surface area contributed by atoms with Gasteiger partial charge in [-0.1, -0.05) is 4.98 Å². The van der Waals surface area contributed by atoms with E-state index in [1.165, 1.54) is 11.6 Å². The van der Waals surface area contributed by atoms with E-state index in [1.54, 1.807) is 0 Å². The smallest absolute Gasteiger partial charge is 0.387 e. The first-order valence-electron chi connectivity index (χ1n) is 21.7. The number of phosphoric ester groups is 2. The SMILES string of the molecule is CO[C@@H]1[C@H](P(=O)(O)OC[C@H]2O[C@@H](n3cnc4c(=O)[nH]c(N)nc43)[C@H](O)[C@@H]2O)[C@@H](COP(=O)(O)OP(=O)(O)OP(=O)(O)OC[C@H]2OC([n+]3cn(C)c4c(=O)[nH]c(N)nc43)[C@H](O)[C@@H]2SC(F)(F)F)O[C@H]1n1cnc2c(N)ncnc21. The number of phosphoric acid groups is 3. The molecule has 0 spiro atoms. The van der Waals surface area contributed by atoms with Crippen LogP contribution in [0.5, 0.6) is 0 Å². The first-order chi connectivity index (χ1) is 36.4. The Balaban J connectivity index is 0.895. The molecule has 16 atom stereocenters. The van der Waals surface area contributed by atoms with Crippen molar-refractivity contribution in [3.8, 4) is 0 Å². The molecule has 78 heavy (non-hydrogen) atoms. The molecule has 0 aromatic carbocycles. The van der Waals surface area contributed by atoms with Crippen LogP contribution in [0.1, 0.15) is 18.7 Å². The molecule has 6 aromatic rings. The normalized spacial score (nSPS) is 30.0. The van der Waals surface area contributed by atoms with Crippen molar-refractivity contribution in [2.75, 3.05) is 44.1 Å². The van der Waals surface area contributed by atoms with Crippen LogP contribution in [-0.2, 0) is 66.4 Å². The Bertz CT molecular complexity index is 3590. The van der Waals surface area contributed by atoms with Crippen LogP contribution in [0.25, 0.3) is 33.5 Å². The van der Waals surface area contributed by atoms with Gasteiger partial charge in [0.05, 0.1) is 44.8 Å². The minimum atomic E-state index is -6.37. The first kappa shape index (κ1) is 57.7. The summed E-state index contributed by atoms with van der Waals surface area (Å²) in [5, 5.41) is 30.9. The van der Waals surface area contributed by atoms with Gasteiger partial charge in [-0.15, -0.1) is 0 Å². The number of nitrogens with one attached hydrogen (secondary N) is 2. The predicted octanol–water partition coefficient (Wildman–Crippen LogP) is -2.38. The van der Waals surface area contributed by atoms with E-state index in [0.29, 0.717) is 0 Å². The number of methoxy groups -OCH3 is 1. The Morgan fingerprint density at radius 2 is 1.33 bits per heavy atom. The van der Waals surface area contributed by atoms with Crippen molar-refractivity contribution < 1.29 is 112 Å². The van der Waals surface area contributed by atoms with E-state index in [9.17, 15) is 75.9 Å². The Labute approximate surface area is 433 Å². The van der Waals surface area contributed by atoms with Gasteiger partial charge in [-0.05, 0) is 11.8 Å². The number of ether oxygens (including phenoxy) is 4. The van der Waals surface area contributed by atoms with E-state index < -0.39 is 158 Å². The summed E-state index contributed by atoms with van der Waals surface area (Å²) in [6.45, 7) is -3.80. The molecular formula is C33H43F3N15O22P4S+. The number of aromatic amines is 2. The van der Waals surface area contributed by atoms with Gasteiger partial charge in [-0.3, -0.25) is 46.9 Å². The van der Waals surface area contributed by atoms with Crippen molar-refractivity contribution in [1.29, 1.82) is 0 Å². The number of aliphatic hydroxyl groups excluding tert-OH is 3. The molecule has 37 nitrogen and oxygen atoms in total. The summed E-state index contributed by atoms with van der Waals surface area (Å²) >= 11 is -0.834. The lowest BCUT2D eigenvalue weighted by Gasteiger charge is -2.28. The summed E-state index contributed by atoms with van der Waals surface area (Å²) < 4.78 is 145. The topological polar surface area (TPSA) is 533 Å². The number of thioether (sulfide) groups is 1. The van der Waals surface area contributed by atoms with E-state index in [4.69, 9.17) is 45.2 Å². The van der Waals surface area contributed by atoms with Crippen LogP contribution in [0.3, 0.4) is 0 Å². The Morgan fingerprint density at radius 1 is 0.744 bits per heavy atom. The van der Waals surface area contributed by atoms with Crippen LogP contribution in [0.2, 0.25) is 0 Å². The average molecular weight is 1210 g/mol. The number of fused-ring (bicyclic) bond motifs is 3. The number of aromatic nitrogens is 12. The molecule has 0 saturated carbocycles. The highest BCUT2D eigenvalue weighted by atomic mass is 32.2. The van der Waals surface area contributed by atoms with Crippen LogP contribution >= 0.6 is 42.8 Å². The zero-order valence-corrected chi connectivity index (χ0v) is 43.5. The second kappa shape index (κ2) is 21.2. The number of anilines is 3. The minimum absolute atomic E-state index is 0.00115. The van der Waals surface area contributed by atoms with Crippen LogP contribution in [-0.4, -0.2) is 175 Å². The quantitative estimate of drug-likeness (QED) is 0.0298. The van der Waals surface area contributed by atoms with Crippen molar-refractivity contribution in [3.63, 3.8) is 0 Å². The lowest BCUT2D eigenvalue weighted by Crippen LogP contribution is -2.46. The molecule has 5 unspecified atom stereocenters. The molecule has 3 saturated heterocycles. The fourth-order valence-electron chi connectivity index (χ4n) is 8.78. The molecule has 15 N–H and O–H groups in total. The summed E-state index contributed by atoms with van der Waals surface area (Å²) in [5.74, 6) is -0.896. The molecule has 0 aliphatic carbocycles. The van der Waals surface area contributed by atoms with Gasteiger partial charge < -0.3 is 75.6 Å². The van der Waals surface area contributed by atoms with E-state index in [0.717, 1.165) is 46.1 Å². The number of hydrogen-bond donors (Lipinski definition) is 12. The van der Waals surface area contributed by atoms with Gasteiger partial charge in [-0.2, -0.15) is 26.8 Å². The van der Waals surface area contributed by atoms with Gasteiger partial charge in [0.1, 0.15) is 60.2 Å². The van der Waals surface area contributed by atoms with Crippen molar-refractivity contribution in [2.24, 2.45) is 7.05 Å². The lowest BCUT2D eigenvalue weighted by atomic mass is 10.1. The molecule has 9 rings (SSSR count). The molecule has 6 aromatic heterocycles. The molecule has 428 valence electrons. The van der Waals surface area contributed by atoms with E-state index in [-0.39, 0.29) is 45.3 Å². The van der Waals surface area contributed by atoms with E-state index in [2.05, 4.69) is 53.0 Å². The Kier molecular flexibility index (Phi) is 15.7. The van der Waals surface area contributed by atoms with Crippen molar-refractivity contribution in [3.05, 3.63) is 46.0 Å².